The molecule has 0 bridgehead atoms. The Labute approximate surface area is 98.4 Å². The van der Waals surface area contributed by atoms with Crippen LogP contribution in [0.25, 0.3) is 0 Å². The second-order valence-electron chi connectivity index (χ2n) is 3.89. The lowest BCUT2D eigenvalue weighted by Crippen LogP contribution is -2.45. The Bertz CT molecular complexity index is 235. The minimum absolute atomic E-state index is 0. The standard InChI is InChI=1S/C9H15F3N2O.ClH/c10-9(11,12)5-14-8(15)6-3-1-2-4-7(6)13;/h6-7H,1-5,13H2,(H,14,15);1H/t6-,7+;/m1./s1. The summed E-state index contributed by atoms with van der Waals surface area (Å²) in [6.45, 7) is -1.27. The van der Waals surface area contributed by atoms with Gasteiger partial charge in [0.2, 0.25) is 5.91 Å². The quantitative estimate of drug-likeness (QED) is 0.792. The molecule has 3 N–H and O–H groups in total. The van der Waals surface area contributed by atoms with Crippen LogP contribution in [0.15, 0.2) is 0 Å². The second kappa shape index (κ2) is 6.30. The maximum Gasteiger partial charge on any atom is 0.405 e. The summed E-state index contributed by atoms with van der Waals surface area (Å²) in [5, 5.41) is 1.88. The summed E-state index contributed by atoms with van der Waals surface area (Å²) >= 11 is 0. The predicted octanol–water partition coefficient (Wildman–Crippen LogP) is 1.60. The Morgan fingerprint density at radius 1 is 1.31 bits per heavy atom. The third-order valence-electron chi connectivity index (χ3n) is 2.62. The van der Waals surface area contributed by atoms with E-state index in [9.17, 15) is 18.0 Å². The number of nitrogens with one attached hydrogen (secondary N) is 1. The van der Waals surface area contributed by atoms with Gasteiger partial charge in [0.05, 0.1) is 5.92 Å². The van der Waals surface area contributed by atoms with Gasteiger partial charge in [-0.1, -0.05) is 12.8 Å². The molecule has 7 heteroatoms. The highest BCUT2D eigenvalue weighted by molar-refractivity contribution is 5.85. The van der Waals surface area contributed by atoms with Crippen molar-refractivity contribution in [2.75, 3.05) is 6.54 Å². The lowest BCUT2D eigenvalue weighted by molar-refractivity contribution is -0.141. The van der Waals surface area contributed by atoms with E-state index in [1.807, 2.05) is 5.32 Å². The normalized spacial score (nSPS) is 25.8. The first kappa shape index (κ1) is 15.5. The summed E-state index contributed by atoms with van der Waals surface area (Å²) in [5.74, 6) is -1.03. The largest absolute Gasteiger partial charge is 0.405 e. The van der Waals surface area contributed by atoms with Crippen molar-refractivity contribution in [2.45, 2.75) is 37.9 Å². The molecule has 0 spiro atoms. The zero-order valence-corrected chi connectivity index (χ0v) is 9.53. The number of carbonyl (C=O) groups excluding carboxylic acids is 1. The molecule has 1 aliphatic carbocycles. The van der Waals surface area contributed by atoms with Gasteiger partial charge in [-0.25, -0.2) is 0 Å². The summed E-state index contributed by atoms with van der Waals surface area (Å²) in [4.78, 5) is 11.4. The molecule has 1 amide bonds. The van der Waals surface area contributed by atoms with Crippen LogP contribution < -0.4 is 11.1 Å². The van der Waals surface area contributed by atoms with Gasteiger partial charge in [-0.05, 0) is 12.8 Å². The van der Waals surface area contributed by atoms with Crippen molar-refractivity contribution in [1.29, 1.82) is 0 Å². The molecule has 1 fully saturated rings. The van der Waals surface area contributed by atoms with E-state index in [0.29, 0.717) is 12.8 Å². The van der Waals surface area contributed by atoms with Gasteiger partial charge in [0.1, 0.15) is 6.54 Å². The van der Waals surface area contributed by atoms with E-state index < -0.39 is 24.5 Å². The summed E-state index contributed by atoms with van der Waals surface area (Å²) in [6.07, 6.45) is -1.24. The molecule has 0 radical (unpaired) electrons. The van der Waals surface area contributed by atoms with E-state index in [1.165, 1.54) is 0 Å². The average Bonchev–Trinajstić information content (AvgIpc) is 2.14. The second-order valence-corrected chi connectivity index (χ2v) is 3.89. The molecule has 0 aromatic rings. The summed E-state index contributed by atoms with van der Waals surface area (Å²) in [5.41, 5.74) is 5.68. The Morgan fingerprint density at radius 3 is 2.38 bits per heavy atom. The van der Waals surface area contributed by atoms with Gasteiger partial charge in [-0.15, -0.1) is 12.4 Å². The van der Waals surface area contributed by atoms with Gasteiger partial charge < -0.3 is 11.1 Å². The van der Waals surface area contributed by atoms with Crippen LogP contribution in [0.2, 0.25) is 0 Å². The fourth-order valence-corrected chi connectivity index (χ4v) is 1.80. The van der Waals surface area contributed by atoms with Crippen molar-refractivity contribution in [1.82, 2.24) is 5.32 Å². The molecule has 1 saturated carbocycles. The number of nitrogens with two attached hydrogens (primary N) is 1. The number of rotatable bonds is 2. The molecule has 0 aromatic heterocycles. The monoisotopic (exact) mass is 260 g/mol. The highest BCUT2D eigenvalue weighted by atomic mass is 35.5. The summed E-state index contributed by atoms with van der Waals surface area (Å²) in [6, 6.07) is -0.299. The number of carbonyl (C=O) groups is 1. The molecule has 0 unspecified atom stereocenters. The lowest BCUT2D eigenvalue weighted by Gasteiger charge is -2.27. The highest BCUT2D eigenvalue weighted by Gasteiger charge is 2.32. The lowest BCUT2D eigenvalue weighted by atomic mass is 9.84. The van der Waals surface area contributed by atoms with Gasteiger partial charge in [-0.3, -0.25) is 4.79 Å². The topological polar surface area (TPSA) is 55.1 Å². The molecule has 0 aromatic carbocycles. The zero-order chi connectivity index (χ0) is 11.5. The highest BCUT2D eigenvalue weighted by Crippen LogP contribution is 2.23. The molecule has 0 saturated heterocycles. The maximum absolute atomic E-state index is 11.8. The first-order valence-corrected chi connectivity index (χ1v) is 5.00. The molecule has 16 heavy (non-hydrogen) atoms. The molecule has 3 nitrogen and oxygen atoms in total. The molecule has 0 aliphatic heterocycles. The van der Waals surface area contributed by atoms with E-state index >= 15 is 0 Å². The number of alkyl halides is 3. The Hall–Kier alpha value is -0.490. The van der Waals surface area contributed by atoms with Crippen LogP contribution in [0.5, 0.6) is 0 Å². The number of amides is 1. The van der Waals surface area contributed by atoms with Crippen LogP contribution in [-0.4, -0.2) is 24.7 Å². The molecular formula is C9H16ClF3N2O. The molecular weight excluding hydrogens is 245 g/mol. The average molecular weight is 261 g/mol. The summed E-state index contributed by atoms with van der Waals surface area (Å²) < 4.78 is 35.5. The number of halogens is 4. The van der Waals surface area contributed by atoms with Crippen molar-refractivity contribution < 1.29 is 18.0 Å². The number of hydrogen-bond donors (Lipinski definition) is 2. The molecule has 1 rings (SSSR count). The fourth-order valence-electron chi connectivity index (χ4n) is 1.80. The van der Waals surface area contributed by atoms with Crippen molar-refractivity contribution in [3.8, 4) is 0 Å². The van der Waals surface area contributed by atoms with Crippen molar-refractivity contribution >= 4 is 18.3 Å². The minimum atomic E-state index is -4.35. The van der Waals surface area contributed by atoms with Gasteiger partial charge in [0.25, 0.3) is 0 Å². The van der Waals surface area contributed by atoms with Crippen molar-refractivity contribution in [2.24, 2.45) is 11.7 Å². The summed E-state index contributed by atoms with van der Waals surface area (Å²) in [7, 11) is 0. The van der Waals surface area contributed by atoms with Gasteiger partial charge in [0, 0.05) is 6.04 Å². The smallest absolute Gasteiger partial charge is 0.347 e. The third-order valence-corrected chi connectivity index (χ3v) is 2.62. The van der Waals surface area contributed by atoms with Gasteiger partial charge >= 0.3 is 6.18 Å². The zero-order valence-electron chi connectivity index (χ0n) is 8.72. The Balaban J connectivity index is 0.00000225. The SMILES string of the molecule is Cl.N[C@H]1CCCC[C@H]1C(=O)NCC(F)(F)F. The molecule has 2 atom stereocenters. The molecule has 96 valence electrons. The van der Waals surface area contributed by atoms with E-state index in [0.717, 1.165) is 12.8 Å². The maximum atomic E-state index is 11.8. The predicted molar refractivity (Wildman–Crippen MR) is 56.2 cm³/mol. The van der Waals surface area contributed by atoms with Crippen LogP contribution in [-0.2, 0) is 4.79 Å². The van der Waals surface area contributed by atoms with Crippen LogP contribution in [0.4, 0.5) is 13.2 Å². The Morgan fingerprint density at radius 2 is 1.88 bits per heavy atom. The number of hydrogen-bond acceptors (Lipinski definition) is 2. The van der Waals surface area contributed by atoms with Crippen LogP contribution in [0.3, 0.4) is 0 Å². The van der Waals surface area contributed by atoms with Crippen LogP contribution >= 0.6 is 12.4 Å². The molecule has 0 heterocycles. The van der Waals surface area contributed by atoms with Gasteiger partial charge in [-0.2, -0.15) is 13.2 Å². The van der Waals surface area contributed by atoms with E-state index in [2.05, 4.69) is 0 Å². The first-order chi connectivity index (χ1) is 6.90. The minimum Gasteiger partial charge on any atom is -0.347 e. The Kier molecular flexibility index (Phi) is 6.10. The van der Waals surface area contributed by atoms with Gasteiger partial charge in [0.15, 0.2) is 0 Å². The molecule has 1 aliphatic rings. The van der Waals surface area contributed by atoms with Crippen molar-refractivity contribution in [3.05, 3.63) is 0 Å². The van der Waals surface area contributed by atoms with E-state index in [4.69, 9.17) is 5.73 Å². The van der Waals surface area contributed by atoms with Crippen LogP contribution in [0.1, 0.15) is 25.7 Å². The third kappa shape index (κ3) is 5.03. The first-order valence-electron chi connectivity index (χ1n) is 5.00. The van der Waals surface area contributed by atoms with E-state index in [1.54, 1.807) is 0 Å². The van der Waals surface area contributed by atoms with Crippen LogP contribution in [0, 0.1) is 5.92 Å². The van der Waals surface area contributed by atoms with Crippen molar-refractivity contribution in [3.63, 3.8) is 0 Å². The van der Waals surface area contributed by atoms with E-state index in [-0.39, 0.29) is 18.4 Å². The fraction of sp³-hybridized carbons (Fsp3) is 0.889.